The summed E-state index contributed by atoms with van der Waals surface area (Å²) < 4.78 is 1.14. The van der Waals surface area contributed by atoms with Crippen molar-refractivity contribution in [3.63, 3.8) is 0 Å². The van der Waals surface area contributed by atoms with Gasteiger partial charge in [0, 0.05) is 29.8 Å². The van der Waals surface area contributed by atoms with Crippen LogP contribution >= 0.6 is 15.9 Å². The number of rotatable bonds is 2. The smallest absolute Gasteiger partial charge is 0.0318 e. The predicted octanol–water partition coefficient (Wildman–Crippen LogP) is 3.59. The molecule has 0 amide bonds. The highest BCUT2D eigenvalue weighted by molar-refractivity contribution is 9.10. The molecule has 2 aromatic rings. The molecule has 0 unspecified atom stereocenters. The molecule has 0 aromatic heterocycles. The number of nitrogens with two attached hydrogens (primary N) is 1. The monoisotopic (exact) mass is 316 g/mol. The third-order valence-corrected chi connectivity index (χ3v) is 4.45. The number of nitrogen functional groups attached to an aromatic ring is 1. The zero-order valence-electron chi connectivity index (χ0n) is 10.8. The van der Waals surface area contributed by atoms with Gasteiger partial charge in [-0.2, -0.15) is 0 Å². The summed E-state index contributed by atoms with van der Waals surface area (Å²) in [5.41, 5.74) is 10.9. The quantitative estimate of drug-likeness (QED) is 0.858. The van der Waals surface area contributed by atoms with E-state index in [-0.39, 0.29) is 0 Å². The number of hydrogen-bond donors (Lipinski definition) is 1. The normalized spacial score (nSPS) is 15.2. The largest absolute Gasteiger partial charge is 0.399 e. The van der Waals surface area contributed by atoms with E-state index < -0.39 is 0 Å². The summed E-state index contributed by atoms with van der Waals surface area (Å²) >= 11 is 3.61. The van der Waals surface area contributed by atoms with Crippen LogP contribution in [0.1, 0.15) is 16.7 Å². The van der Waals surface area contributed by atoms with Gasteiger partial charge in [-0.15, -0.1) is 0 Å². The third-order valence-electron chi connectivity index (χ3n) is 3.67. The summed E-state index contributed by atoms with van der Waals surface area (Å²) in [7, 11) is 0. The maximum Gasteiger partial charge on any atom is 0.0318 e. The van der Waals surface area contributed by atoms with E-state index in [2.05, 4.69) is 51.2 Å². The molecule has 2 N–H and O–H groups in total. The van der Waals surface area contributed by atoms with Crippen molar-refractivity contribution in [2.75, 3.05) is 12.3 Å². The van der Waals surface area contributed by atoms with Gasteiger partial charge in [0.2, 0.25) is 0 Å². The zero-order chi connectivity index (χ0) is 13.2. The Morgan fingerprint density at radius 2 is 1.89 bits per heavy atom. The van der Waals surface area contributed by atoms with Gasteiger partial charge in [-0.3, -0.25) is 4.90 Å². The predicted molar refractivity (Wildman–Crippen MR) is 82.8 cm³/mol. The standard InChI is InChI=1S/C16H17BrN2/c17-16-6-5-15(18)9-14(16)11-19-8-7-12-3-1-2-4-13(12)10-19/h1-6,9H,7-8,10-11,18H2. The van der Waals surface area contributed by atoms with Gasteiger partial charge in [0.15, 0.2) is 0 Å². The van der Waals surface area contributed by atoms with Gasteiger partial charge in [-0.1, -0.05) is 40.2 Å². The SMILES string of the molecule is Nc1ccc(Br)c(CN2CCc3ccccc3C2)c1. The first kappa shape index (κ1) is 12.7. The fourth-order valence-electron chi connectivity index (χ4n) is 2.65. The Morgan fingerprint density at radius 3 is 2.74 bits per heavy atom. The van der Waals surface area contributed by atoms with Crippen molar-refractivity contribution in [2.45, 2.75) is 19.5 Å². The molecule has 0 spiro atoms. The molecule has 0 saturated carbocycles. The summed E-state index contributed by atoms with van der Waals surface area (Å²) in [6, 6.07) is 14.7. The number of halogens is 1. The Bertz CT molecular complexity index is 595. The number of nitrogens with zero attached hydrogens (tertiary/aromatic N) is 1. The lowest BCUT2D eigenvalue weighted by Gasteiger charge is -2.29. The molecule has 2 aromatic carbocycles. The van der Waals surface area contributed by atoms with Gasteiger partial charge in [0.25, 0.3) is 0 Å². The molecule has 98 valence electrons. The second-order valence-electron chi connectivity index (χ2n) is 5.08. The van der Waals surface area contributed by atoms with Gasteiger partial charge >= 0.3 is 0 Å². The zero-order valence-corrected chi connectivity index (χ0v) is 12.4. The van der Waals surface area contributed by atoms with Gasteiger partial charge in [-0.05, 0) is 41.3 Å². The Hall–Kier alpha value is -1.32. The highest BCUT2D eigenvalue weighted by Gasteiger charge is 2.16. The van der Waals surface area contributed by atoms with E-state index in [4.69, 9.17) is 5.73 Å². The van der Waals surface area contributed by atoms with Crippen LogP contribution in [0.3, 0.4) is 0 Å². The molecule has 0 bridgehead atoms. The van der Waals surface area contributed by atoms with E-state index >= 15 is 0 Å². The van der Waals surface area contributed by atoms with E-state index in [1.54, 1.807) is 0 Å². The first-order valence-electron chi connectivity index (χ1n) is 6.55. The fraction of sp³-hybridized carbons (Fsp3) is 0.250. The Morgan fingerprint density at radius 1 is 1.11 bits per heavy atom. The average Bonchev–Trinajstić information content (AvgIpc) is 2.43. The second kappa shape index (κ2) is 5.35. The van der Waals surface area contributed by atoms with Crippen LogP contribution in [0.25, 0.3) is 0 Å². The van der Waals surface area contributed by atoms with E-state index in [9.17, 15) is 0 Å². The molecule has 0 fully saturated rings. The van der Waals surface area contributed by atoms with E-state index in [1.807, 2.05) is 12.1 Å². The summed E-state index contributed by atoms with van der Waals surface area (Å²) in [6.07, 6.45) is 1.14. The van der Waals surface area contributed by atoms with Crippen molar-refractivity contribution in [2.24, 2.45) is 0 Å². The van der Waals surface area contributed by atoms with Gasteiger partial charge in [0.1, 0.15) is 0 Å². The van der Waals surface area contributed by atoms with Crippen LogP contribution in [-0.2, 0) is 19.5 Å². The van der Waals surface area contributed by atoms with Crippen molar-refractivity contribution in [3.05, 3.63) is 63.6 Å². The molecule has 0 saturated heterocycles. The first-order valence-corrected chi connectivity index (χ1v) is 7.35. The topological polar surface area (TPSA) is 29.3 Å². The van der Waals surface area contributed by atoms with Crippen molar-refractivity contribution in [1.29, 1.82) is 0 Å². The Balaban J connectivity index is 1.77. The second-order valence-corrected chi connectivity index (χ2v) is 5.93. The minimum absolute atomic E-state index is 0.829. The summed E-state index contributed by atoms with van der Waals surface area (Å²) in [5, 5.41) is 0. The Kier molecular flexibility index (Phi) is 3.58. The third kappa shape index (κ3) is 2.82. The molecule has 1 heterocycles. The number of anilines is 1. The number of benzene rings is 2. The Labute approximate surface area is 122 Å². The van der Waals surface area contributed by atoms with Crippen LogP contribution in [0.5, 0.6) is 0 Å². The lowest BCUT2D eigenvalue weighted by molar-refractivity contribution is 0.245. The summed E-state index contributed by atoms with van der Waals surface area (Å²) in [5.74, 6) is 0. The van der Waals surface area contributed by atoms with Crippen molar-refractivity contribution in [1.82, 2.24) is 4.90 Å². The van der Waals surface area contributed by atoms with E-state index in [1.165, 1.54) is 16.7 Å². The molecule has 1 aliphatic rings. The van der Waals surface area contributed by atoms with Gasteiger partial charge < -0.3 is 5.73 Å². The van der Waals surface area contributed by atoms with Gasteiger partial charge in [0.05, 0.1) is 0 Å². The molecule has 1 aliphatic heterocycles. The average molecular weight is 317 g/mol. The van der Waals surface area contributed by atoms with Crippen LogP contribution < -0.4 is 5.73 Å². The van der Waals surface area contributed by atoms with Crippen LogP contribution in [0.2, 0.25) is 0 Å². The maximum atomic E-state index is 5.87. The molecule has 0 radical (unpaired) electrons. The number of fused-ring (bicyclic) bond motifs is 1. The molecule has 3 heteroatoms. The van der Waals surface area contributed by atoms with E-state index in [0.717, 1.165) is 36.2 Å². The summed E-state index contributed by atoms with van der Waals surface area (Å²) in [4.78, 5) is 2.47. The summed E-state index contributed by atoms with van der Waals surface area (Å²) in [6.45, 7) is 3.08. The highest BCUT2D eigenvalue weighted by Crippen LogP contribution is 2.24. The van der Waals surface area contributed by atoms with E-state index in [0.29, 0.717) is 0 Å². The molecular formula is C16H17BrN2. The van der Waals surface area contributed by atoms with Gasteiger partial charge in [-0.25, -0.2) is 0 Å². The van der Waals surface area contributed by atoms with Crippen LogP contribution in [-0.4, -0.2) is 11.4 Å². The molecular weight excluding hydrogens is 300 g/mol. The molecule has 2 nitrogen and oxygen atoms in total. The molecule has 0 atom stereocenters. The lowest BCUT2D eigenvalue weighted by Crippen LogP contribution is -2.30. The van der Waals surface area contributed by atoms with Crippen molar-refractivity contribution >= 4 is 21.6 Å². The lowest BCUT2D eigenvalue weighted by atomic mass is 9.99. The van der Waals surface area contributed by atoms with Crippen LogP contribution in [0, 0.1) is 0 Å². The van der Waals surface area contributed by atoms with Crippen molar-refractivity contribution in [3.8, 4) is 0 Å². The number of hydrogen-bond acceptors (Lipinski definition) is 2. The molecule has 19 heavy (non-hydrogen) atoms. The molecule has 0 aliphatic carbocycles. The van der Waals surface area contributed by atoms with Crippen LogP contribution in [0.15, 0.2) is 46.9 Å². The minimum atomic E-state index is 0.829. The highest BCUT2D eigenvalue weighted by atomic mass is 79.9. The minimum Gasteiger partial charge on any atom is -0.399 e. The first-order chi connectivity index (χ1) is 9.22. The fourth-order valence-corrected chi connectivity index (χ4v) is 3.02. The van der Waals surface area contributed by atoms with Crippen LogP contribution in [0.4, 0.5) is 5.69 Å². The van der Waals surface area contributed by atoms with Crippen molar-refractivity contribution < 1.29 is 0 Å². The molecule has 3 rings (SSSR count). The maximum absolute atomic E-state index is 5.87.